The van der Waals surface area contributed by atoms with Crippen LogP contribution in [0.25, 0.3) is 0 Å². The Morgan fingerprint density at radius 2 is 2.00 bits per heavy atom. The van der Waals surface area contributed by atoms with Gasteiger partial charge in [-0.25, -0.2) is 4.39 Å². The molecule has 108 valence electrons. The molecular formula is C13H9BrFN3O3. The normalized spacial score (nSPS) is 10.2. The number of hydrogen-bond acceptors (Lipinski definition) is 4. The van der Waals surface area contributed by atoms with E-state index < -0.39 is 16.6 Å². The molecule has 3 N–H and O–H groups in total. The fraction of sp³-hybridized carbons (Fsp3) is 0. The lowest BCUT2D eigenvalue weighted by Gasteiger charge is -2.07. The van der Waals surface area contributed by atoms with Crippen LogP contribution in [0.3, 0.4) is 0 Å². The molecule has 0 unspecified atom stereocenters. The highest BCUT2D eigenvalue weighted by atomic mass is 79.9. The summed E-state index contributed by atoms with van der Waals surface area (Å²) in [5, 5.41) is 12.9. The average molecular weight is 354 g/mol. The third-order valence-electron chi connectivity index (χ3n) is 2.67. The smallest absolute Gasteiger partial charge is 0.271 e. The van der Waals surface area contributed by atoms with E-state index in [1.807, 2.05) is 0 Å². The SMILES string of the molecule is Nc1cc(C(=O)Nc2cc([N+](=O)[O-])ccc2F)ccc1Br. The number of carbonyl (C=O) groups is 1. The number of benzene rings is 2. The van der Waals surface area contributed by atoms with Crippen molar-refractivity contribution in [1.29, 1.82) is 0 Å². The van der Waals surface area contributed by atoms with Crippen LogP contribution >= 0.6 is 15.9 Å². The fourth-order valence-electron chi connectivity index (χ4n) is 1.60. The number of carbonyl (C=O) groups excluding carboxylic acids is 1. The van der Waals surface area contributed by atoms with Gasteiger partial charge in [-0.1, -0.05) is 0 Å². The number of non-ortho nitro benzene ring substituents is 1. The molecule has 2 rings (SSSR count). The largest absolute Gasteiger partial charge is 0.398 e. The molecule has 0 bridgehead atoms. The first kappa shape index (κ1) is 14.9. The fourth-order valence-corrected chi connectivity index (χ4v) is 1.85. The number of halogens is 2. The molecule has 6 nitrogen and oxygen atoms in total. The quantitative estimate of drug-likeness (QED) is 0.502. The minimum absolute atomic E-state index is 0.210. The van der Waals surface area contributed by atoms with E-state index >= 15 is 0 Å². The molecule has 0 aliphatic rings. The standard InChI is InChI=1S/C13H9BrFN3O3/c14-9-3-1-7(5-11(9)16)13(19)17-12-6-8(18(20)21)2-4-10(12)15/h1-6H,16H2,(H,17,19). The molecular weight excluding hydrogens is 345 g/mol. The zero-order chi connectivity index (χ0) is 15.6. The molecule has 0 heterocycles. The van der Waals surface area contributed by atoms with Gasteiger partial charge in [0.15, 0.2) is 0 Å². The monoisotopic (exact) mass is 353 g/mol. The second-order valence-corrected chi connectivity index (χ2v) is 4.97. The van der Waals surface area contributed by atoms with E-state index in [1.54, 1.807) is 6.07 Å². The number of amides is 1. The van der Waals surface area contributed by atoms with E-state index in [0.717, 1.165) is 18.2 Å². The van der Waals surface area contributed by atoms with Crippen LogP contribution in [0.1, 0.15) is 10.4 Å². The Bertz CT molecular complexity index is 737. The minimum Gasteiger partial charge on any atom is -0.398 e. The highest BCUT2D eigenvalue weighted by Gasteiger charge is 2.14. The van der Waals surface area contributed by atoms with E-state index in [0.29, 0.717) is 10.2 Å². The van der Waals surface area contributed by atoms with Crippen LogP contribution in [0.5, 0.6) is 0 Å². The number of hydrogen-bond donors (Lipinski definition) is 2. The number of nitro benzene ring substituents is 1. The summed E-state index contributed by atoms with van der Waals surface area (Å²) < 4.78 is 14.2. The second kappa shape index (κ2) is 5.88. The molecule has 0 saturated heterocycles. The van der Waals surface area contributed by atoms with Crippen LogP contribution in [0.15, 0.2) is 40.9 Å². The van der Waals surface area contributed by atoms with Gasteiger partial charge in [-0.2, -0.15) is 0 Å². The first-order valence-electron chi connectivity index (χ1n) is 5.69. The maximum Gasteiger partial charge on any atom is 0.271 e. The summed E-state index contributed by atoms with van der Waals surface area (Å²) in [4.78, 5) is 22.0. The third-order valence-corrected chi connectivity index (χ3v) is 3.39. The average Bonchev–Trinajstić information content (AvgIpc) is 2.43. The van der Waals surface area contributed by atoms with Gasteiger partial charge in [-0.05, 0) is 40.2 Å². The van der Waals surface area contributed by atoms with Crippen LogP contribution in [-0.4, -0.2) is 10.8 Å². The van der Waals surface area contributed by atoms with Gasteiger partial charge in [0.1, 0.15) is 5.82 Å². The number of nitrogens with two attached hydrogens (primary N) is 1. The number of rotatable bonds is 3. The molecule has 0 aliphatic heterocycles. The zero-order valence-electron chi connectivity index (χ0n) is 10.5. The maximum absolute atomic E-state index is 13.6. The molecule has 2 aromatic carbocycles. The Morgan fingerprint density at radius 1 is 1.29 bits per heavy atom. The lowest BCUT2D eigenvalue weighted by Crippen LogP contribution is -2.13. The summed E-state index contributed by atoms with van der Waals surface area (Å²) in [5.41, 5.74) is 5.63. The molecule has 0 spiro atoms. The van der Waals surface area contributed by atoms with Crippen LogP contribution in [0, 0.1) is 15.9 Å². The molecule has 0 saturated carbocycles. The Balaban J connectivity index is 2.28. The summed E-state index contributed by atoms with van der Waals surface area (Å²) in [6.45, 7) is 0. The first-order chi connectivity index (χ1) is 9.88. The van der Waals surface area contributed by atoms with Crippen molar-refractivity contribution >= 4 is 38.9 Å². The molecule has 1 amide bonds. The summed E-state index contributed by atoms with van der Waals surface area (Å²) >= 11 is 3.19. The Kier molecular flexibility index (Phi) is 4.18. The predicted molar refractivity (Wildman–Crippen MR) is 79.6 cm³/mol. The number of nitrogen functional groups attached to an aromatic ring is 1. The number of anilines is 2. The lowest BCUT2D eigenvalue weighted by molar-refractivity contribution is -0.384. The van der Waals surface area contributed by atoms with Crippen molar-refractivity contribution in [3.05, 3.63) is 62.4 Å². The van der Waals surface area contributed by atoms with Crippen molar-refractivity contribution in [2.45, 2.75) is 0 Å². The van der Waals surface area contributed by atoms with E-state index in [1.165, 1.54) is 12.1 Å². The minimum atomic E-state index is -0.765. The van der Waals surface area contributed by atoms with E-state index in [4.69, 9.17) is 5.73 Å². The van der Waals surface area contributed by atoms with Crippen LogP contribution in [-0.2, 0) is 0 Å². The van der Waals surface area contributed by atoms with Gasteiger partial charge in [0.05, 0.1) is 10.6 Å². The van der Waals surface area contributed by atoms with Crippen molar-refractivity contribution in [2.75, 3.05) is 11.1 Å². The Hall–Kier alpha value is -2.48. The number of nitrogens with zero attached hydrogens (tertiary/aromatic N) is 1. The zero-order valence-corrected chi connectivity index (χ0v) is 12.1. The summed E-state index contributed by atoms with van der Waals surface area (Å²) in [7, 11) is 0. The summed E-state index contributed by atoms with van der Waals surface area (Å²) in [6, 6.07) is 7.37. The molecule has 0 radical (unpaired) electrons. The van der Waals surface area contributed by atoms with Crippen LogP contribution < -0.4 is 11.1 Å². The highest BCUT2D eigenvalue weighted by molar-refractivity contribution is 9.10. The molecule has 0 aliphatic carbocycles. The summed E-state index contributed by atoms with van der Waals surface area (Å²) in [6.07, 6.45) is 0. The van der Waals surface area contributed by atoms with Gasteiger partial charge in [0, 0.05) is 27.9 Å². The molecule has 0 atom stereocenters. The molecule has 0 aromatic heterocycles. The lowest BCUT2D eigenvalue weighted by atomic mass is 10.2. The van der Waals surface area contributed by atoms with Gasteiger partial charge in [0.25, 0.3) is 11.6 Å². The van der Waals surface area contributed by atoms with Crippen molar-refractivity contribution in [3.63, 3.8) is 0 Å². The third kappa shape index (κ3) is 3.34. The van der Waals surface area contributed by atoms with Crippen molar-refractivity contribution in [3.8, 4) is 0 Å². The number of nitro groups is 1. The Morgan fingerprint density at radius 3 is 2.62 bits per heavy atom. The van der Waals surface area contributed by atoms with Gasteiger partial charge in [0.2, 0.25) is 0 Å². The molecule has 0 fully saturated rings. The topological polar surface area (TPSA) is 98.3 Å². The highest BCUT2D eigenvalue weighted by Crippen LogP contribution is 2.24. The van der Waals surface area contributed by atoms with Crippen LogP contribution in [0.4, 0.5) is 21.5 Å². The predicted octanol–water partition coefficient (Wildman–Crippen LogP) is 3.33. The Labute approximate surface area is 127 Å². The number of nitrogens with one attached hydrogen (secondary N) is 1. The first-order valence-corrected chi connectivity index (χ1v) is 6.48. The molecule has 2 aromatic rings. The van der Waals surface area contributed by atoms with Gasteiger partial charge in [-0.15, -0.1) is 0 Å². The van der Waals surface area contributed by atoms with E-state index in [2.05, 4.69) is 21.2 Å². The van der Waals surface area contributed by atoms with Crippen molar-refractivity contribution in [1.82, 2.24) is 0 Å². The van der Waals surface area contributed by atoms with Crippen molar-refractivity contribution < 1.29 is 14.1 Å². The second-order valence-electron chi connectivity index (χ2n) is 4.11. The van der Waals surface area contributed by atoms with Crippen LogP contribution in [0.2, 0.25) is 0 Å². The van der Waals surface area contributed by atoms with E-state index in [-0.39, 0.29) is 16.9 Å². The van der Waals surface area contributed by atoms with E-state index in [9.17, 15) is 19.3 Å². The van der Waals surface area contributed by atoms with Gasteiger partial charge in [-0.3, -0.25) is 14.9 Å². The maximum atomic E-state index is 13.6. The summed E-state index contributed by atoms with van der Waals surface area (Å²) in [5.74, 6) is -1.38. The van der Waals surface area contributed by atoms with Gasteiger partial charge < -0.3 is 11.1 Å². The molecule has 8 heteroatoms. The molecule has 21 heavy (non-hydrogen) atoms. The van der Waals surface area contributed by atoms with Gasteiger partial charge >= 0.3 is 0 Å². The van der Waals surface area contributed by atoms with Crippen molar-refractivity contribution in [2.24, 2.45) is 0 Å².